The Morgan fingerprint density at radius 1 is 1.47 bits per heavy atom. The quantitative estimate of drug-likeness (QED) is 0.400. The lowest BCUT2D eigenvalue weighted by Crippen LogP contribution is -2.56. The van der Waals surface area contributed by atoms with Gasteiger partial charge in [0.2, 0.25) is 5.91 Å². The van der Waals surface area contributed by atoms with Gasteiger partial charge in [-0.05, 0) is 31.5 Å². The average molecular weight is 454 g/mol. The molecule has 32 heavy (non-hydrogen) atoms. The molecule has 0 aliphatic carbocycles. The second kappa shape index (κ2) is 8.54. The molecule has 0 bridgehead atoms. The van der Waals surface area contributed by atoms with Crippen molar-refractivity contribution in [1.82, 2.24) is 10.6 Å². The Morgan fingerprint density at radius 3 is 2.75 bits per heavy atom. The van der Waals surface area contributed by atoms with E-state index in [0.717, 1.165) is 0 Å². The van der Waals surface area contributed by atoms with Crippen LogP contribution in [0, 0.1) is 12.3 Å². The van der Waals surface area contributed by atoms with Crippen LogP contribution in [0.25, 0.3) is 11.0 Å². The molecule has 2 amide bonds. The van der Waals surface area contributed by atoms with E-state index < -0.39 is 48.0 Å². The van der Waals surface area contributed by atoms with Crippen molar-refractivity contribution < 1.29 is 37.0 Å². The van der Waals surface area contributed by atoms with E-state index in [4.69, 9.17) is 20.3 Å². The predicted octanol–water partition coefficient (Wildman–Crippen LogP) is 1.53. The van der Waals surface area contributed by atoms with Crippen LogP contribution < -0.4 is 21.1 Å². The minimum atomic E-state index is -4.87. The van der Waals surface area contributed by atoms with Crippen LogP contribution in [0.1, 0.15) is 22.5 Å². The van der Waals surface area contributed by atoms with Crippen molar-refractivity contribution in [3.05, 3.63) is 41.3 Å². The molecule has 1 aromatic carbocycles. The molecule has 3 rings (SSSR count). The van der Waals surface area contributed by atoms with Crippen LogP contribution in [0.4, 0.5) is 13.2 Å². The number of ether oxygens (including phenoxy) is 1. The summed E-state index contributed by atoms with van der Waals surface area (Å²) >= 11 is 0. The first kappa shape index (κ1) is 23.1. The third-order valence-corrected chi connectivity index (χ3v) is 5.16. The lowest BCUT2D eigenvalue weighted by Gasteiger charge is -2.24. The fourth-order valence-corrected chi connectivity index (χ4v) is 3.38. The zero-order valence-electron chi connectivity index (χ0n) is 16.9. The van der Waals surface area contributed by atoms with Crippen molar-refractivity contribution in [3.8, 4) is 5.75 Å². The normalized spacial score (nSPS) is 19.2. The number of hydrogen-bond donors (Lipinski definition) is 5. The van der Waals surface area contributed by atoms with Crippen molar-refractivity contribution in [2.45, 2.75) is 25.1 Å². The molecule has 9 nitrogen and oxygen atoms in total. The highest BCUT2D eigenvalue weighted by atomic mass is 19.4. The van der Waals surface area contributed by atoms with Crippen LogP contribution >= 0.6 is 0 Å². The van der Waals surface area contributed by atoms with E-state index in [9.17, 15) is 27.9 Å². The number of hydrogen-bond acceptors (Lipinski definition) is 7. The third kappa shape index (κ3) is 4.26. The van der Waals surface area contributed by atoms with E-state index in [0.29, 0.717) is 23.7 Å². The predicted molar refractivity (Wildman–Crippen MR) is 107 cm³/mol. The van der Waals surface area contributed by atoms with Gasteiger partial charge in [-0.2, -0.15) is 13.2 Å². The molecule has 0 saturated carbocycles. The summed E-state index contributed by atoms with van der Waals surface area (Å²) in [5.74, 6) is -0.818. The average Bonchev–Trinajstić information content (AvgIpc) is 3.26. The van der Waals surface area contributed by atoms with Gasteiger partial charge in [0.15, 0.2) is 0 Å². The van der Waals surface area contributed by atoms with Crippen molar-refractivity contribution in [3.63, 3.8) is 0 Å². The van der Waals surface area contributed by atoms with E-state index in [1.807, 2.05) is 0 Å². The minimum absolute atomic E-state index is 0.0931. The number of alkyl halides is 3. The number of benzene rings is 1. The van der Waals surface area contributed by atoms with Crippen LogP contribution in [0.3, 0.4) is 0 Å². The monoisotopic (exact) mass is 454 g/mol. The van der Waals surface area contributed by atoms with Crippen molar-refractivity contribution in [2.75, 3.05) is 19.8 Å². The van der Waals surface area contributed by atoms with Crippen molar-refractivity contribution >= 4 is 28.5 Å². The highest BCUT2D eigenvalue weighted by molar-refractivity contribution is 6.09. The van der Waals surface area contributed by atoms with E-state index in [-0.39, 0.29) is 23.5 Å². The van der Waals surface area contributed by atoms with Gasteiger partial charge in [-0.3, -0.25) is 15.0 Å². The summed E-state index contributed by atoms with van der Waals surface area (Å²) in [6, 6.07) is 4.30. The number of fused-ring (bicyclic) bond motifs is 1. The zero-order valence-corrected chi connectivity index (χ0v) is 16.9. The standard InChI is InChI=1S/C20H21F3N4O5/c1-10-15(17(29)27-19(9-28)4-5-26-18(19)30)13-6-12(2-3-14(13)32-10)31-8-11(7-24)16(25)20(21,22)23/h2-3,6-7,25,28H,4-5,8-9,24H2,1H3,(H,26,30)(H,27,29)/b11-7-,25-16?/t19-/m1/s1. The Bertz CT molecular complexity index is 1110. The molecule has 1 fully saturated rings. The van der Waals surface area contributed by atoms with Crippen molar-refractivity contribution in [2.24, 2.45) is 5.73 Å². The fraction of sp³-hybridized carbons (Fsp3) is 0.350. The third-order valence-electron chi connectivity index (χ3n) is 5.16. The Morgan fingerprint density at radius 2 is 2.19 bits per heavy atom. The number of amides is 2. The Hall–Kier alpha value is -3.54. The Labute approximate surface area is 179 Å². The first-order valence-electron chi connectivity index (χ1n) is 9.47. The van der Waals surface area contributed by atoms with Gasteiger partial charge in [-0.25, -0.2) is 0 Å². The molecule has 0 unspecified atom stereocenters. The van der Waals surface area contributed by atoms with Crippen LogP contribution in [0.5, 0.6) is 5.75 Å². The van der Waals surface area contributed by atoms with Crippen molar-refractivity contribution in [1.29, 1.82) is 5.41 Å². The summed E-state index contributed by atoms with van der Waals surface area (Å²) in [6.45, 7) is 0.627. The summed E-state index contributed by atoms with van der Waals surface area (Å²) in [5.41, 5.74) is 1.97. The van der Waals surface area contributed by atoms with Gasteiger partial charge in [-0.1, -0.05) is 0 Å². The number of furan rings is 1. The number of carbonyl (C=O) groups is 2. The maximum atomic E-state index is 12.9. The maximum absolute atomic E-state index is 12.9. The Balaban J connectivity index is 1.86. The molecule has 1 aliphatic heterocycles. The van der Waals surface area contributed by atoms with E-state index >= 15 is 0 Å². The molecule has 2 aromatic rings. The lowest BCUT2D eigenvalue weighted by atomic mass is 9.97. The highest BCUT2D eigenvalue weighted by Gasteiger charge is 2.44. The highest BCUT2D eigenvalue weighted by Crippen LogP contribution is 2.30. The molecule has 2 heterocycles. The van der Waals surface area contributed by atoms with Gasteiger partial charge in [0, 0.05) is 23.7 Å². The molecule has 6 N–H and O–H groups in total. The second-order valence-corrected chi connectivity index (χ2v) is 7.24. The Kier molecular flexibility index (Phi) is 6.17. The van der Waals surface area contributed by atoms with Gasteiger partial charge >= 0.3 is 6.18 Å². The number of aliphatic hydroxyl groups is 1. The number of halogens is 3. The lowest BCUT2D eigenvalue weighted by molar-refractivity contribution is -0.125. The minimum Gasteiger partial charge on any atom is -0.489 e. The van der Waals surface area contributed by atoms with Gasteiger partial charge < -0.3 is 30.6 Å². The van der Waals surface area contributed by atoms with Crippen LogP contribution in [0.2, 0.25) is 0 Å². The fourth-order valence-electron chi connectivity index (χ4n) is 3.38. The first-order valence-corrected chi connectivity index (χ1v) is 9.47. The van der Waals surface area contributed by atoms with Crippen LogP contribution in [-0.2, 0) is 4.79 Å². The molecule has 1 aliphatic rings. The summed E-state index contributed by atoms with van der Waals surface area (Å²) in [5, 5.41) is 22.3. The second-order valence-electron chi connectivity index (χ2n) is 7.24. The molecule has 172 valence electrons. The van der Waals surface area contributed by atoms with Gasteiger partial charge in [0.05, 0.1) is 12.2 Å². The van der Waals surface area contributed by atoms with E-state index in [1.54, 1.807) is 0 Å². The van der Waals surface area contributed by atoms with E-state index in [1.165, 1.54) is 25.1 Å². The maximum Gasteiger partial charge on any atom is 0.433 e. The number of aliphatic hydroxyl groups excluding tert-OH is 1. The number of nitrogens with two attached hydrogens (primary N) is 1. The molecule has 0 spiro atoms. The molecule has 1 saturated heterocycles. The molecule has 1 aromatic heterocycles. The molecular weight excluding hydrogens is 433 g/mol. The first-order chi connectivity index (χ1) is 15.0. The SMILES string of the molecule is Cc1oc2ccc(OC/C(=C/N)C(=N)C(F)(F)F)cc2c1C(=O)N[C@@]1(CO)CCNC1=O. The number of nitrogens with one attached hydrogen (secondary N) is 3. The molecular formula is C20H21F3N4O5. The topological polar surface area (TPSA) is 151 Å². The smallest absolute Gasteiger partial charge is 0.433 e. The van der Waals surface area contributed by atoms with Crippen LogP contribution in [-0.4, -0.2) is 54.1 Å². The number of rotatable bonds is 7. The molecule has 1 atom stereocenters. The van der Waals surface area contributed by atoms with Gasteiger partial charge in [0.1, 0.15) is 35.0 Å². The summed E-state index contributed by atoms with van der Waals surface area (Å²) < 4.78 is 49.1. The largest absolute Gasteiger partial charge is 0.489 e. The zero-order chi connectivity index (χ0) is 23.7. The van der Waals surface area contributed by atoms with Crippen LogP contribution in [0.15, 0.2) is 34.4 Å². The number of carbonyl (C=O) groups excluding carboxylic acids is 2. The summed E-state index contributed by atoms with van der Waals surface area (Å²) in [7, 11) is 0. The summed E-state index contributed by atoms with van der Waals surface area (Å²) in [4.78, 5) is 25.0. The van der Waals surface area contributed by atoms with Gasteiger partial charge in [-0.15, -0.1) is 0 Å². The molecule has 0 radical (unpaired) electrons. The summed E-state index contributed by atoms with van der Waals surface area (Å²) in [6.07, 6.45) is -4.02. The van der Waals surface area contributed by atoms with Gasteiger partial charge in [0.25, 0.3) is 5.91 Å². The molecule has 12 heteroatoms. The number of aryl methyl sites for hydroxylation is 1. The van der Waals surface area contributed by atoms with E-state index in [2.05, 4.69) is 10.6 Å².